The number of nitrogens with two attached hydrogens (primary N) is 2. The normalized spacial score (nSPS) is 10.4. The molecule has 6 heteroatoms. The van der Waals surface area contributed by atoms with Gasteiger partial charge in [-0.2, -0.15) is 0 Å². The molecular weight excluding hydrogens is 270 g/mol. The van der Waals surface area contributed by atoms with E-state index in [1.54, 1.807) is 6.92 Å². The zero-order chi connectivity index (χ0) is 5.86. The molecule has 0 saturated heterocycles. The molecule has 0 saturated carbocycles. The molecule has 0 spiro atoms. The van der Waals surface area contributed by atoms with E-state index in [2.05, 4.69) is 0 Å². The molecule has 58 valence electrons. The highest BCUT2D eigenvalue weighted by Crippen LogP contribution is 2.00. The molecule has 0 aliphatic heterocycles. The molecule has 0 bridgehead atoms. The fraction of sp³-hybridized carbons (Fsp3) is 0.667. The molecule has 0 aliphatic carbocycles. The number of hydrogen-bond acceptors (Lipinski definition) is 3. The first kappa shape index (κ1) is 16.4. The van der Waals surface area contributed by atoms with Crippen molar-refractivity contribution in [3.63, 3.8) is 0 Å². The van der Waals surface area contributed by atoms with Crippen LogP contribution in [0.3, 0.4) is 0 Å². The van der Waals surface area contributed by atoms with Crippen molar-refractivity contribution >= 4 is 50.9 Å². The molecular formula is C3H11Br2N3S. The minimum atomic E-state index is -0.0579. The third-order valence-corrected chi connectivity index (χ3v) is 0.939. The van der Waals surface area contributed by atoms with Crippen molar-refractivity contribution in [1.82, 2.24) is 0 Å². The summed E-state index contributed by atoms with van der Waals surface area (Å²) >= 11 is 1.15. The van der Waals surface area contributed by atoms with Crippen LogP contribution in [0.1, 0.15) is 6.92 Å². The van der Waals surface area contributed by atoms with Gasteiger partial charge in [0, 0.05) is 0 Å². The minimum Gasteiger partial charge on any atom is -0.379 e. The van der Waals surface area contributed by atoms with Gasteiger partial charge in [0.2, 0.25) is 0 Å². The Morgan fingerprint density at radius 2 is 1.89 bits per heavy atom. The van der Waals surface area contributed by atoms with E-state index >= 15 is 0 Å². The number of nitrogens with one attached hydrogen (secondary N) is 1. The van der Waals surface area contributed by atoms with Crippen LogP contribution in [0, 0.1) is 5.41 Å². The maximum atomic E-state index is 6.69. The SMILES string of the molecule is Br.Br.CC(N)SC(=N)N. The summed E-state index contributed by atoms with van der Waals surface area (Å²) in [4.78, 5) is 0. The average molecular weight is 281 g/mol. The van der Waals surface area contributed by atoms with Crippen LogP contribution in [-0.4, -0.2) is 10.5 Å². The first-order valence-electron chi connectivity index (χ1n) is 1.89. The first-order valence-corrected chi connectivity index (χ1v) is 2.77. The predicted molar refractivity (Wildman–Crippen MR) is 53.8 cm³/mol. The van der Waals surface area contributed by atoms with Gasteiger partial charge in [0.25, 0.3) is 0 Å². The fourth-order valence-corrected chi connectivity index (χ4v) is 0.601. The van der Waals surface area contributed by atoms with Crippen LogP contribution in [0.5, 0.6) is 0 Å². The Balaban J connectivity index is -0.000000180. The van der Waals surface area contributed by atoms with Crippen molar-refractivity contribution in [2.24, 2.45) is 11.5 Å². The van der Waals surface area contributed by atoms with Gasteiger partial charge in [-0.1, -0.05) is 11.8 Å². The third kappa shape index (κ3) is 17.7. The van der Waals surface area contributed by atoms with E-state index in [1.807, 2.05) is 0 Å². The highest BCUT2D eigenvalue weighted by molar-refractivity contribution is 8.93. The van der Waals surface area contributed by atoms with Gasteiger partial charge in [0.15, 0.2) is 5.17 Å². The molecule has 0 aromatic heterocycles. The van der Waals surface area contributed by atoms with Gasteiger partial charge >= 0.3 is 0 Å². The number of thioether (sulfide) groups is 1. The monoisotopic (exact) mass is 279 g/mol. The first-order chi connectivity index (χ1) is 3.13. The van der Waals surface area contributed by atoms with Crippen LogP contribution in [0.15, 0.2) is 0 Å². The Labute approximate surface area is 80.0 Å². The molecule has 0 heterocycles. The third-order valence-electron chi connectivity index (χ3n) is 0.313. The molecule has 0 aromatic rings. The van der Waals surface area contributed by atoms with Crippen molar-refractivity contribution in [2.75, 3.05) is 0 Å². The lowest BCUT2D eigenvalue weighted by Gasteiger charge is -1.98. The maximum absolute atomic E-state index is 6.69. The zero-order valence-corrected chi connectivity index (χ0v) is 9.20. The highest BCUT2D eigenvalue weighted by Gasteiger charge is 1.93. The largest absolute Gasteiger partial charge is 0.379 e. The molecule has 0 aromatic carbocycles. The number of rotatable bonds is 1. The van der Waals surface area contributed by atoms with Crippen molar-refractivity contribution in [2.45, 2.75) is 12.3 Å². The minimum absolute atomic E-state index is 0. The van der Waals surface area contributed by atoms with Gasteiger partial charge in [0.1, 0.15) is 0 Å². The topological polar surface area (TPSA) is 75.9 Å². The van der Waals surface area contributed by atoms with E-state index in [0.29, 0.717) is 0 Å². The van der Waals surface area contributed by atoms with E-state index in [0.717, 1.165) is 11.8 Å². The Morgan fingerprint density at radius 3 is 1.89 bits per heavy atom. The lowest BCUT2D eigenvalue weighted by Crippen LogP contribution is -2.16. The molecule has 1 unspecified atom stereocenters. The molecule has 0 fully saturated rings. The van der Waals surface area contributed by atoms with Gasteiger partial charge in [0.05, 0.1) is 5.37 Å². The Kier molecular flexibility index (Phi) is 15.9. The lowest BCUT2D eigenvalue weighted by atomic mass is 10.8. The summed E-state index contributed by atoms with van der Waals surface area (Å²) in [5.41, 5.74) is 10.2. The lowest BCUT2D eigenvalue weighted by molar-refractivity contribution is 1.05. The molecule has 3 nitrogen and oxygen atoms in total. The summed E-state index contributed by atoms with van der Waals surface area (Å²) in [7, 11) is 0. The van der Waals surface area contributed by atoms with Crippen molar-refractivity contribution in [1.29, 1.82) is 5.41 Å². The molecule has 5 N–H and O–H groups in total. The summed E-state index contributed by atoms with van der Waals surface area (Å²) < 4.78 is 0. The highest BCUT2D eigenvalue weighted by atomic mass is 79.9. The standard InChI is InChI=1S/C3H9N3S.2BrH/c1-2(4)7-3(5)6;;/h2H,4H2,1H3,(H3,5,6);2*1H. The van der Waals surface area contributed by atoms with Crippen LogP contribution >= 0.6 is 45.7 Å². The number of halogens is 2. The number of amidine groups is 1. The maximum Gasteiger partial charge on any atom is 0.152 e. The summed E-state index contributed by atoms with van der Waals surface area (Å²) in [6, 6.07) is 0. The van der Waals surface area contributed by atoms with Gasteiger partial charge < -0.3 is 11.5 Å². The van der Waals surface area contributed by atoms with Gasteiger partial charge in [-0.15, -0.1) is 34.0 Å². The summed E-state index contributed by atoms with van der Waals surface area (Å²) in [6.07, 6.45) is 0. The van der Waals surface area contributed by atoms with Gasteiger partial charge in [-0.05, 0) is 6.92 Å². The molecule has 0 aliphatic rings. The average Bonchev–Trinajstić information content (AvgIpc) is 1.27. The van der Waals surface area contributed by atoms with E-state index in [1.165, 1.54) is 0 Å². The summed E-state index contributed by atoms with van der Waals surface area (Å²) in [5.74, 6) is 0. The second-order valence-corrected chi connectivity index (χ2v) is 2.61. The predicted octanol–water partition coefficient (Wildman–Crippen LogP) is 1.07. The van der Waals surface area contributed by atoms with E-state index in [-0.39, 0.29) is 44.5 Å². The van der Waals surface area contributed by atoms with Crippen LogP contribution < -0.4 is 11.5 Å². The van der Waals surface area contributed by atoms with E-state index in [9.17, 15) is 0 Å². The molecule has 1 atom stereocenters. The fourth-order valence-electron chi connectivity index (χ4n) is 0.200. The van der Waals surface area contributed by atoms with E-state index < -0.39 is 0 Å². The summed E-state index contributed by atoms with van der Waals surface area (Å²) in [5, 5.41) is 6.71. The Hall–Kier alpha value is 0.740. The quantitative estimate of drug-likeness (QED) is 0.382. The molecule has 9 heavy (non-hydrogen) atoms. The Morgan fingerprint density at radius 1 is 1.56 bits per heavy atom. The van der Waals surface area contributed by atoms with Crippen LogP contribution in [0.4, 0.5) is 0 Å². The Bertz CT molecular complexity index is 77.5. The van der Waals surface area contributed by atoms with Crippen LogP contribution in [-0.2, 0) is 0 Å². The molecule has 0 amide bonds. The van der Waals surface area contributed by atoms with Crippen LogP contribution in [0.2, 0.25) is 0 Å². The van der Waals surface area contributed by atoms with Gasteiger partial charge in [-0.3, -0.25) is 5.41 Å². The van der Waals surface area contributed by atoms with Crippen molar-refractivity contribution < 1.29 is 0 Å². The molecule has 0 rings (SSSR count). The van der Waals surface area contributed by atoms with E-state index in [4.69, 9.17) is 16.9 Å². The second kappa shape index (κ2) is 8.74. The zero-order valence-electron chi connectivity index (χ0n) is 4.96. The number of hydrogen-bond donors (Lipinski definition) is 3. The smallest absolute Gasteiger partial charge is 0.152 e. The van der Waals surface area contributed by atoms with Gasteiger partial charge in [-0.25, -0.2) is 0 Å². The second-order valence-electron chi connectivity index (χ2n) is 1.19. The van der Waals surface area contributed by atoms with Crippen molar-refractivity contribution in [3.8, 4) is 0 Å². The summed E-state index contributed by atoms with van der Waals surface area (Å²) in [6.45, 7) is 1.78. The molecule has 0 radical (unpaired) electrons. The van der Waals surface area contributed by atoms with Crippen molar-refractivity contribution in [3.05, 3.63) is 0 Å². The van der Waals surface area contributed by atoms with Crippen LogP contribution in [0.25, 0.3) is 0 Å².